The number of pyridine rings is 1. The third kappa shape index (κ3) is 2.11. The lowest BCUT2D eigenvalue weighted by Gasteiger charge is -2.12. The molecule has 1 saturated carbocycles. The molecule has 0 amide bonds. The van der Waals surface area contributed by atoms with E-state index < -0.39 is 10.0 Å². The van der Waals surface area contributed by atoms with Crippen LogP contribution in [-0.2, 0) is 10.0 Å². The minimum Gasteiger partial charge on any atom is -0.264 e. The van der Waals surface area contributed by atoms with Crippen LogP contribution in [0.3, 0.4) is 0 Å². The number of sulfonamides is 1. The van der Waals surface area contributed by atoms with E-state index >= 15 is 0 Å². The van der Waals surface area contributed by atoms with E-state index in [0.717, 1.165) is 23.6 Å². The highest BCUT2D eigenvalue weighted by Crippen LogP contribution is 2.36. The second-order valence-electron chi connectivity index (χ2n) is 5.05. The number of fused-ring (bicyclic) bond motifs is 1. The summed E-state index contributed by atoms with van der Waals surface area (Å²) in [6, 6.07) is 6.97. The molecular formula is C13H14N2O2S. The minimum absolute atomic E-state index is 0.247. The second-order valence-corrected chi connectivity index (χ2v) is 6.73. The number of hydrogen-bond donors (Lipinski definition) is 1. The van der Waals surface area contributed by atoms with Crippen molar-refractivity contribution in [2.45, 2.75) is 30.2 Å². The van der Waals surface area contributed by atoms with Gasteiger partial charge in [0.1, 0.15) is 0 Å². The first-order chi connectivity index (χ1) is 8.49. The van der Waals surface area contributed by atoms with Gasteiger partial charge >= 0.3 is 0 Å². The maximum Gasteiger partial charge on any atom is 0.241 e. The summed E-state index contributed by atoms with van der Waals surface area (Å²) in [6.45, 7) is 1.92. The molecule has 0 spiro atoms. The summed E-state index contributed by atoms with van der Waals surface area (Å²) < 4.78 is 27.1. The Balaban J connectivity index is 2.03. The van der Waals surface area contributed by atoms with Crippen LogP contribution < -0.4 is 4.72 Å². The van der Waals surface area contributed by atoms with Crippen molar-refractivity contribution >= 4 is 20.8 Å². The molecule has 2 aromatic rings. The highest BCUT2D eigenvalue weighted by Gasteiger charge is 2.41. The predicted molar refractivity (Wildman–Crippen MR) is 69.7 cm³/mol. The van der Waals surface area contributed by atoms with Crippen molar-refractivity contribution in [2.24, 2.45) is 0 Å². The van der Waals surface area contributed by atoms with Crippen molar-refractivity contribution in [3.8, 4) is 0 Å². The molecule has 94 valence electrons. The summed E-state index contributed by atoms with van der Waals surface area (Å²) in [6.07, 6.45) is 5.18. The van der Waals surface area contributed by atoms with Crippen molar-refractivity contribution in [1.82, 2.24) is 9.71 Å². The first-order valence-electron chi connectivity index (χ1n) is 5.86. The van der Waals surface area contributed by atoms with Crippen LogP contribution in [0.25, 0.3) is 10.8 Å². The summed E-state index contributed by atoms with van der Waals surface area (Å²) >= 11 is 0. The van der Waals surface area contributed by atoms with E-state index in [1.807, 2.05) is 13.0 Å². The van der Waals surface area contributed by atoms with Gasteiger partial charge in [0.2, 0.25) is 10.0 Å². The monoisotopic (exact) mass is 262 g/mol. The smallest absolute Gasteiger partial charge is 0.241 e. The van der Waals surface area contributed by atoms with Gasteiger partial charge in [-0.2, -0.15) is 0 Å². The van der Waals surface area contributed by atoms with Gasteiger partial charge in [0.05, 0.1) is 4.90 Å². The predicted octanol–water partition coefficient (Wildman–Crippen LogP) is 2.07. The second kappa shape index (κ2) is 3.76. The van der Waals surface area contributed by atoms with Gasteiger partial charge in [-0.25, -0.2) is 13.1 Å². The van der Waals surface area contributed by atoms with Crippen LogP contribution in [0.15, 0.2) is 41.6 Å². The molecule has 0 radical (unpaired) electrons. The number of hydrogen-bond acceptors (Lipinski definition) is 3. The molecule has 1 fully saturated rings. The van der Waals surface area contributed by atoms with Crippen LogP contribution >= 0.6 is 0 Å². The highest BCUT2D eigenvalue weighted by atomic mass is 32.2. The quantitative estimate of drug-likeness (QED) is 0.921. The van der Waals surface area contributed by atoms with Crippen molar-refractivity contribution in [3.05, 3.63) is 36.7 Å². The van der Waals surface area contributed by atoms with Gasteiger partial charge in [-0.15, -0.1) is 0 Å². The summed E-state index contributed by atoms with van der Waals surface area (Å²) in [5.41, 5.74) is -0.247. The Kier molecular flexibility index (Phi) is 2.43. The van der Waals surface area contributed by atoms with Gasteiger partial charge in [-0.1, -0.05) is 6.07 Å². The van der Waals surface area contributed by atoms with Crippen molar-refractivity contribution < 1.29 is 8.42 Å². The fourth-order valence-corrected chi connectivity index (χ4v) is 3.40. The lowest BCUT2D eigenvalue weighted by molar-refractivity contribution is 0.558. The van der Waals surface area contributed by atoms with Crippen LogP contribution in [0, 0.1) is 0 Å². The van der Waals surface area contributed by atoms with Crippen LogP contribution in [0.5, 0.6) is 0 Å². The number of nitrogens with zero attached hydrogens (tertiary/aromatic N) is 1. The Morgan fingerprint density at radius 2 is 2.00 bits per heavy atom. The summed E-state index contributed by atoms with van der Waals surface area (Å²) in [7, 11) is -3.42. The molecule has 1 aliphatic carbocycles. The fraction of sp³-hybridized carbons (Fsp3) is 0.308. The largest absolute Gasteiger partial charge is 0.264 e. The molecule has 18 heavy (non-hydrogen) atoms. The minimum atomic E-state index is -3.42. The normalized spacial score (nSPS) is 17.8. The zero-order valence-electron chi connectivity index (χ0n) is 10.1. The molecule has 0 bridgehead atoms. The average Bonchev–Trinajstić information content (AvgIpc) is 3.05. The van der Waals surface area contributed by atoms with Crippen LogP contribution in [0.4, 0.5) is 0 Å². The first-order valence-corrected chi connectivity index (χ1v) is 7.35. The first kappa shape index (κ1) is 11.6. The van der Waals surface area contributed by atoms with E-state index in [1.165, 1.54) is 0 Å². The maximum atomic E-state index is 12.2. The average molecular weight is 262 g/mol. The number of nitrogens with one attached hydrogen (secondary N) is 1. The maximum absolute atomic E-state index is 12.2. The zero-order valence-corrected chi connectivity index (χ0v) is 10.9. The lowest BCUT2D eigenvalue weighted by atomic mass is 10.2. The number of rotatable bonds is 3. The number of benzene rings is 1. The molecule has 1 aromatic heterocycles. The molecule has 3 rings (SSSR count). The van der Waals surface area contributed by atoms with E-state index in [4.69, 9.17) is 0 Å². The van der Waals surface area contributed by atoms with Crippen LogP contribution in [0.2, 0.25) is 0 Å². The zero-order chi connectivity index (χ0) is 12.8. The molecular weight excluding hydrogens is 248 g/mol. The van der Waals surface area contributed by atoms with Gasteiger partial charge in [0.15, 0.2) is 0 Å². The van der Waals surface area contributed by atoms with E-state index in [1.54, 1.807) is 30.6 Å². The van der Waals surface area contributed by atoms with Gasteiger partial charge in [-0.3, -0.25) is 4.98 Å². The Hall–Kier alpha value is -1.46. The van der Waals surface area contributed by atoms with Crippen molar-refractivity contribution in [1.29, 1.82) is 0 Å². The van der Waals surface area contributed by atoms with Crippen molar-refractivity contribution in [3.63, 3.8) is 0 Å². The van der Waals surface area contributed by atoms with Crippen molar-refractivity contribution in [2.75, 3.05) is 0 Å². The van der Waals surface area contributed by atoms with E-state index in [0.29, 0.717) is 4.90 Å². The molecule has 1 heterocycles. The third-order valence-corrected chi connectivity index (χ3v) is 4.94. The van der Waals surface area contributed by atoms with Gasteiger partial charge in [-0.05, 0) is 43.4 Å². The molecule has 5 heteroatoms. The van der Waals surface area contributed by atoms with E-state index in [2.05, 4.69) is 9.71 Å². The van der Waals surface area contributed by atoms with Crippen LogP contribution in [-0.4, -0.2) is 18.9 Å². The van der Waals surface area contributed by atoms with Crippen LogP contribution in [0.1, 0.15) is 19.8 Å². The molecule has 0 saturated heterocycles. The van der Waals surface area contributed by atoms with Gasteiger partial charge < -0.3 is 0 Å². The Morgan fingerprint density at radius 1 is 1.22 bits per heavy atom. The lowest BCUT2D eigenvalue weighted by Crippen LogP contribution is -2.34. The van der Waals surface area contributed by atoms with Gasteiger partial charge in [0, 0.05) is 23.3 Å². The molecule has 0 atom stereocenters. The molecule has 1 aliphatic rings. The molecule has 0 unspecified atom stereocenters. The highest BCUT2D eigenvalue weighted by molar-refractivity contribution is 7.89. The summed E-state index contributed by atoms with van der Waals surface area (Å²) in [5.74, 6) is 0. The molecule has 1 aromatic carbocycles. The fourth-order valence-electron chi connectivity index (χ4n) is 1.90. The van der Waals surface area contributed by atoms with Gasteiger partial charge in [0.25, 0.3) is 0 Å². The number of aromatic nitrogens is 1. The SMILES string of the molecule is CC1(NS(=O)(=O)c2ccc3ccncc3c2)CC1. The molecule has 1 N–H and O–H groups in total. The Labute approximate surface area is 106 Å². The third-order valence-electron chi connectivity index (χ3n) is 3.30. The van der Waals surface area contributed by atoms with E-state index in [-0.39, 0.29) is 5.54 Å². The Morgan fingerprint density at radius 3 is 2.72 bits per heavy atom. The summed E-state index contributed by atoms with van der Waals surface area (Å²) in [4.78, 5) is 4.31. The molecule has 0 aliphatic heterocycles. The molecule has 4 nitrogen and oxygen atoms in total. The standard InChI is InChI=1S/C13H14N2O2S/c1-13(5-6-13)15-18(16,17)12-3-2-10-4-7-14-9-11(10)8-12/h2-4,7-9,15H,5-6H2,1H3. The topological polar surface area (TPSA) is 59.1 Å². The summed E-state index contributed by atoms with van der Waals surface area (Å²) in [5, 5.41) is 1.82. The van der Waals surface area contributed by atoms with E-state index in [9.17, 15) is 8.42 Å². The Bertz CT molecular complexity index is 706.